The van der Waals surface area contributed by atoms with Gasteiger partial charge in [0.1, 0.15) is 5.41 Å². The van der Waals surface area contributed by atoms with Gasteiger partial charge >= 0.3 is 0 Å². The summed E-state index contributed by atoms with van der Waals surface area (Å²) < 4.78 is 0. The molecule has 0 bridgehead atoms. The van der Waals surface area contributed by atoms with Crippen LogP contribution in [0.3, 0.4) is 0 Å². The fraction of sp³-hybridized carbons (Fsp3) is 0.500. The van der Waals surface area contributed by atoms with E-state index in [1.165, 1.54) is 12.0 Å². The number of hydrogen-bond acceptors (Lipinski definition) is 3. The molecular weight excluding hydrogens is 266 g/mol. The number of aryl methyl sites for hydroxylation is 1. The van der Waals surface area contributed by atoms with Gasteiger partial charge in [-0.2, -0.15) is 0 Å². The van der Waals surface area contributed by atoms with Crippen LogP contribution in [0.1, 0.15) is 44.6 Å². The summed E-state index contributed by atoms with van der Waals surface area (Å²) in [6, 6.07) is 7.87. The molecule has 0 saturated heterocycles. The first-order chi connectivity index (χ1) is 10.1. The quantitative estimate of drug-likeness (QED) is 0.325. The van der Waals surface area contributed by atoms with Crippen molar-refractivity contribution in [2.24, 2.45) is 16.3 Å². The highest BCUT2D eigenvalue weighted by Gasteiger charge is 2.48. The molecule has 1 saturated carbocycles. The molecule has 0 unspecified atom stereocenters. The second kappa shape index (κ2) is 6.61. The zero-order valence-electron chi connectivity index (χ0n) is 12.4. The number of carbonyl (C=O) groups excluding carboxylic acids is 1. The molecule has 1 aliphatic carbocycles. The number of oxime groups is 1. The van der Waals surface area contributed by atoms with Crippen molar-refractivity contribution in [2.45, 2.75) is 45.4 Å². The average molecular weight is 289 g/mol. The minimum absolute atomic E-state index is 0.00539. The Bertz CT molecular complexity index is 519. The number of nitrogens with two attached hydrogens (primary N) is 1. The lowest BCUT2D eigenvalue weighted by Gasteiger charge is -2.38. The number of nitrogens with one attached hydrogen (secondary N) is 1. The first-order valence-corrected chi connectivity index (χ1v) is 7.51. The van der Waals surface area contributed by atoms with Gasteiger partial charge in [0.05, 0.1) is 0 Å². The van der Waals surface area contributed by atoms with Gasteiger partial charge in [0.15, 0.2) is 5.84 Å². The van der Waals surface area contributed by atoms with Gasteiger partial charge in [0.2, 0.25) is 5.91 Å². The molecule has 5 heteroatoms. The molecule has 1 amide bonds. The Labute approximate surface area is 125 Å². The van der Waals surface area contributed by atoms with Crippen molar-refractivity contribution >= 4 is 17.4 Å². The molecule has 0 spiro atoms. The SMILES string of the molecule is CCCCc1ccc(NC(=O)C2(/C(N)=N/O)CCC2)cc1. The molecule has 0 heterocycles. The van der Waals surface area contributed by atoms with Crippen LogP contribution < -0.4 is 11.1 Å². The van der Waals surface area contributed by atoms with Gasteiger partial charge in [-0.15, -0.1) is 0 Å². The van der Waals surface area contributed by atoms with Crippen LogP contribution in [0, 0.1) is 5.41 Å². The standard InChI is InChI=1S/C16H23N3O2/c1-2-3-5-12-6-8-13(9-7-12)18-15(20)16(10-4-11-16)14(17)19-21/h6-9,21H,2-5,10-11H2,1H3,(H2,17,19)(H,18,20). The number of amides is 1. The molecule has 0 aliphatic heterocycles. The number of anilines is 1. The molecule has 0 atom stereocenters. The maximum atomic E-state index is 12.4. The van der Waals surface area contributed by atoms with Crippen molar-refractivity contribution in [3.63, 3.8) is 0 Å². The molecule has 0 radical (unpaired) electrons. The van der Waals surface area contributed by atoms with Crippen molar-refractivity contribution in [3.8, 4) is 0 Å². The van der Waals surface area contributed by atoms with Crippen molar-refractivity contribution in [1.29, 1.82) is 0 Å². The average Bonchev–Trinajstić information content (AvgIpc) is 2.45. The lowest BCUT2D eigenvalue weighted by molar-refractivity contribution is -0.125. The first-order valence-electron chi connectivity index (χ1n) is 7.51. The van der Waals surface area contributed by atoms with E-state index in [9.17, 15) is 4.79 Å². The topological polar surface area (TPSA) is 87.7 Å². The Morgan fingerprint density at radius 1 is 1.38 bits per heavy atom. The summed E-state index contributed by atoms with van der Waals surface area (Å²) in [5.74, 6) is -0.184. The van der Waals surface area contributed by atoms with Gasteiger partial charge in [-0.1, -0.05) is 37.1 Å². The Hall–Kier alpha value is -2.04. The fourth-order valence-corrected chi connectivity index (χ4v) is 2.61. The van der Waals surface area contributed by atoms with E-state index in [4.69, 9.17) is 10.9 Å². The van der Waals surface area contributed by atoms with Crippen molar-refractivity contribution in [2.75, 3.05) is 5.32 Å². The lowest BCUT2D eigenvalue weighted by Crippen LogP contribution is -2.51. The van der Waals surface area contributed by atoms with E-state index in [2.05, 4.69) is 17.4 Å². The Kier molecular flexibility index (Phi) is 4.83. The van der Waals surface area contributed by atoms with E-state index in [1.807, 2.05) is 24.3 Å². The molecule has 5 nitrogen and oxygen atoms in total. The molecule has 1 aliphatic rings. The molecule has 1 aromatic carbocycles. The van der Waals surface area contributed by atoms with Crippen LogP contribution in [0.2, 0.25) is 0 Å². The van der Waals surface area contributed by atoms with E-state index in [0.717, 1.165) is 24.9 Å². The van der Waals surface area contributed by atoms with Crippen LogP contribution >= 0.6 is 0 Å². The van der Waals surface area contributed by atoms with Crippen LogP contribution in [-0.2, 0) is 11.2 Å². The minimum atomic E-state index is -0.838. The highest BCUT2D eigenvalue weighted by atomic mass is 16.4. The van der Waals surface area contributed by atoms with E-state index in [0.29, 0.717) is 12.8 Å². The van der Waals surface area contributed by atoms with Gasteiger partial charge in [0.25, 0.3) is 0 Å². The number of amidine groups is 1. The Morgan fingerprint density at radius 3 is 2.52 bits per heavy atom. The number of carbonyl (C=O) groups is 1. The lowest BCUT2D eigenvalue weighted by atomic mass is 9.67. The summed E-state index contributed by atoms with van der Waals surface area (Å²) in [6.07, 6.45) is 5.56. The number of rotatable bonds is 6. The number of benzene rings is 1. The molecule has 1 aromatic rings. The van der Waals surface area contributed by atoms with Gasteiger partial charge in [0, 0.05) is 5.69 Å². The molecule has 114 valence electrons. The van der Waals surface area contributed by atoms with Crippen molar-refractivity contribution < 1.29 is 10.0 Å². The highest BCUT2D eigenvalue weighted by molar-refractivity contribution is 6.12. The van der Waals surface area contributed by atoms with E-state index in [1.54, 1.807) is 0 Å². The van der Waals surface area contributed by atoms with Gasteiger partial charge in [-0.05, 0) is 43.4 Å². The summed E-state index contributed by atoms with van der Waals surface area (Å²) >= 11 is 0. The molecule has 0 aromatic heterocycles. The normalized spacial score (nSPS) is 17.1. The molecular formula is C16H23N3O2. The number of unbranched alkanes of at least 4 members (excludes halogenated alkanes) is 1. The maximum Gasteiger partial charge on any atom is 0.238 e. The monoisotopic (exact) mass is 289 g/mol. The van der Waals surface area contributed by atoms with E-state index >= 15 is 0 Å². The molecule has 1 fully saturated rings. The summed E-state index contributed by atoms with van der Waals surface area (Å²) in [4.78, 5) is 12.4. The van der Waals surface area contributed by atoms with E-state index in [-0.39, 0.29) is 11.7 Å². The number of hydrogen-bond donors (Lipinski definition) is 3. The van der Waals surface area contributed by atoms with E-state index < -0.39 is 5.41 Å². The van der Waals surface area contributed by atoms with Crippen LogP contribution in [0.5, 0.6) is 0 Å². The third kappa shape index (κ3) is 3.17. The van der Waals surface area contributed by atoms with Crippen LogP contribution in [-0.4, -0.2) is 17.0 Å². The molecule has 21 heavy (non-hydrogen) atoms. The third-order valence-electron chi connectivity index (χ3n) is 4.27. The Balaban J connectivity index is 2.02. The second-order valence-corrected chi connectivity index (χ2v) is 5.68. The zero-order chi connectivity index (χ0) is 15.3. The van der Waals surface area contributed by atoms with Gasteiger partial charge < -0.3 is 16.3 Å². The largest absolute Gasteiger partial charge is 0.409 e. The maximum absolute atomic E-state index is 12.4. The first kappa shape index (κ1) is 15.4. The second-order valence-electron chi connectivity index (χ2n) is 5.68. The third-order valence-corrected chi connectivity index (χ3v) is 4.27. The van der Waals surface area contributed by atoms with Crippen molar-refractivity contribution in [3.05, 3.63) is 29.8 Å². The summed E-state index contributed by atoms with van der Waals surface area (Å²) in [5.41, 5.74) is 6.86. The smallest absolute Gasteiger partial charge is 0.238 e. The van der Waals surface area contributed by atoms with Crippen LogP contribution in [0.15, 0.2) is 29.4 Å². The Morgan fingerprint density at radius 2 is 2.05 bits per heavy atom. The summed E-state index contributed by atoms with van der Waals surface area (Å²) in [6.45, 7) is 2.17. The predicted octanol–water partition coefficient (Wildman–Crippen LogP) is 2.88. The van der Waals surface area contributed by atoms with Crippen LogP contribution in [0.4, 0.5) is 5.69 Å². The summed E-state index contributed by atoms with van der Waals surface area (Å²) in [5, 5.41) is 14.8. The van der Waals surface area contributed by atoms with Crippen LogP contribution in [0.25, 0.3) is 0 Å². The zero-order valence-corrected chi connectivity index (χ0v) is 12.4. The van der Waals surface area contributed by atoms with Crippen molar-refractivity contribution in [1.82, 2.24) is 0 Å². The van der Waals surface area contributed by atoms with Gasteiger partial charge in [-0.3, -0.25) is 4.79 Å². The number of nitrogens with zero attached hydrogens (tertiary/aromatic N) is 1. The predicted molar refractivity (Wildman–Crippen MR) is 83.4 cm³/mol. The fourth-order valence-electron chi connectivity index (χ4n) is 2.61. The summed E-state index contributed by atoms with van der Waals surface area (Å²) in [7, 11) is 0. The highest BCUT2D eigenvalue weighted by Crippen LogP contribution is 2.42. The van der Waals surface area contributed by atoms with Gasteiger partial charge in [-0.25, -0.2) is 0 Å². The molecule has 4 N–H and O–H groups in total. The minimum Gasteiger partial charge on any atom is -0.409 e. The molecule has 2 rings (SSSR count).